The summed E-state index contributed by atoms with van der Waals surface area (Å²) in [6.45, 7) is 0.630. The van der Waals surface area contributed by atoms with Crippen molar-refractivity contribution in [1.82, 2.24) is 9.80 Å². The summed E-state index contributed by atoms with van der Waals surface area (Å²) >= 11 is 20.1. The number of carbonyl (C=O) groups excluding carboxylic acids is 2. The molecule has 1 N–H and O–H groups in total. The van der Waals surface area contributed by atoms with Crippen molar-refractivity contribution in [2.45, 2.75) is 60.2 Å². The Morgan fingerprint density at radius 2 is 1.64 bits per heavy atom. The van der Waals surface area contributed by atoms with E-state index < -0.39 is 23.0 Å². The fourth-order valence-electron chi connectivity index (χ4n) is 6.13. The van der Waals surface area contributed by atoms with Crippen molar-refractivity contribution in [2.24, 2.45) is 5.41 Å². The first-order chi connectivity index (χ1) is 18.3. The first-order valence-electron chi connectivity index (χ1n) is 12.9. The normalized spacial score (nSPS) is 23.7. The Kier molecular flexibility index (Phi) is 7.68. The number of thioether (sulfide) groups is 1. The lowest BCUT2D eigenvalue weighted by Gasteiger charge is -2.50. The molecule has 0 unspecified atom stereocenters. The van der Waals surface area contributed by atoms with Crippen LogP contribution in [0, 0.1) is 5.41 Å². The van der Waals surface area contributed by atoms with Gasteiger partial charge in [-0.15, -0.1) is 11.8 Å². The molecule has 0 radical (unpaired) electrons. The summed E-state index contributed by atoms with van der Waals surface area (Å²) in [7, 11) is 3.38. The van der Waals surface area contributed by atoms with Crippen LogP contribution in [0.15, 0.2) is 35.2 Å². The lowest BCUT2D eigenvalue weighted by molar-refractivity contribution is -0.231. The van der Waals surface area contributed by atoms with Gasteiger partial charge >= 0.3 is 5.92 Å². The Morgan fingerprint density at radius 3 is 2.23 bits per heavy atom. The van der Waals surface area contributed by atoms with E-state index in [1.807, 2.05) is 12.1 Å². The molecule has 5 rings (SSSR count). The maximum Gasteiger partial charge on any atom is 0.316 e. The average Bonchev–Trinajstić information content (AvgIpc) is 2.88. The van der Waals surface area contributed by atoms with Crippen molar-refractivity contribution in [2.75, 3.05) is 27.2 Å². The first-order valence-corrected chi connectivity index (χ1v) is 14.9. The Balaban J connectivity index is 1.18. The second kappa shape index (κ2) is 10.4. The molecule has 3 aliphatic rings. The maximum atomic E-state index is 15.0. The molecule has 0 aromatic heterocycles. The monoisotopic (exact) mass is 616 g/mol. The van der Waals surface area contributed by atoms with E-state index in [-0.39, 0.29) is 26.9 Å². The smallest absolute Gasteiger partial charge is 0.316 e. The lowest BCUT2D eigenvalue weighted by atomic mass is 9.66. The fraction of sp³-hybridized carbons (Fsp3) is 0.500. The van der Waals surface area contributed by atoms with E-state index >= 15 is 8.78 Å². The molecule has 39 heavy (non-hydrogen) atoms. The van der Waals surface area contributed by atoms with Gasteiger partial charge in [-0.05, 0) is 74.3 Å². The molecular weight excluding hydrogens is 589 g/mol. The van der Waals surface area contributed by atoms with Crippen molar-refractivity contribution in [3.05, 3.63) is 62.1 Å². The van der Waals surface area contributed by atoms with E-state index in [4.69, 9.17) is 34.8 Å². The van der Waals surface area contributed by atoms with E-state index in [1.54, 1.807) is 31.9 Å². The third kappa shape index (κ3) is 4.84. The van der Waals surface area contributed by atoms with Gasteiger partial charge in [-0.25, -0.2) is 0 Å². The molecule has 1 aliphatic heterocycles. The highest BCUT2D eigenvalue weighted by molar-refractivity contribution is 8.00. The van der Waals surface area contributed by atoms with Crippen molar-refractivity contribution in [1.29, 1.82) is 0 Å². The van der Waals surface area contributed by atoms with Gasteiger partial charge in [-0.1, -0.05) is 34.8 Å². The van der Waals surface area contributed by atoms with Crippen LogP contribution in [0.25, 0.3) is 0 Å². The zero-order chi connectivity index (χ0) is 28.3. The molecule has 1 saturated carbocycles. The highest BCUT2D eigenvalue weighted by Gasteiger charge is 2.72. The number of fused-ring (bicyclic) bond motifs is 1. The second-order valence-electron chi connectivity index (χ2n) is 11.0. The molecule has 1 heterocycles. The largest absolute Gasteiger partial charge is 0.370 e. The SMILES string of the molecule is CN(C)C(=O)c1ccc(SC2CCC3(CC2)CCN(C(=O)[C@]2(O)c4cc(Cl)cc(Cl)c4C2(F)F)CC3)cc1Cl. The van der Waals surface area contributed by atoms with Gasteiger partial charge < -0.3 is 14.9 Å². The molecule has 1 atom stereocenters. The number of carbonyl (C=O) groups is 2. The topological polar surface area (TPSA) is 60.9 Å². The van der Waals surface area contributed by atoms with Gasteiger partial charge in [0.15, 0.2) is 0 Å². The number of hydrogen-bond donors (Lipinski definition) is 1. The predicted molar refractivity (Wildman–Crippen MR) is 150 cm³/mol. The molecule has 2 aromatic carbocycles. The Morgan fingerprint density at radius 1 is 1.00 bits per heavy atom. The first kappa shape index (κ1) is 28.9. The van der Waals surface area contributed by atoms with E-state index in [0.717, 1.165) is 30.6 Å². The predicted octanol–water partition coefficient (Wildman–Crippen LogP) is 6.99. The molecule has 1 spiro atoms. The lowest BCUT2D eigenvalue weighted by Crippen LogP contribution is -2.64. The number of nitrogens with zero attached hydrogens (tertiary/aromatic N) is 2. The summed E-state index contributed by atoms with van der Waals surface area (Å²) in [5.41, 5.74) is -3.17. The van der Waals surface area contributed by atoms with Gasteiger partial charge in [-0.2, -0.15) is 8.78 Å². The van der Waals surface area contributed by atoms with Crippen LogP contribution in [0.5, 0.6) is 0 Å². The number of benzene rings is 2. The van der Waals surface area contributed by atoms with E-state index in [2.05, 4.69) is 0 Å². The maximum absolute atomic E-state index is 15.0. The number of amides is 2. The van der Waals surface area contributed by atoms with Gasteiger partial charge in [0, 0.05) is 47.9 Å². The summed E-state index contributed by atoms with van der Waals surface area (Å²) < 4.78 is 30.0. The van der Waals surface area contributed by atoms with Crippen molar-refractivity contribution in [3.63, 3.8) is 0 Å². The van der Waals surface area contributed by atoms with Crippen molar-refractivity contribution < 1.29 is 23.5 Å². The molecule has 2 aromatic rings. The number of aliphatic hydroxyl groups is 1. The van der Waals surface area contributed by atoms with Crippen molar-refractivity contribution in [3.8, 4) is 0 Å². The van der Waals surface area contributed by atoms with Gasteiger partial charge in [0.1, 0.15) is 0 Å². The minimum atomic E-state index is -3.79. The number of hydrogen-bond acceptors (Lipinski definition) is 4. The van der Waals surface area contributed by atoms with Crippen LogP contribution < -0.4 is 0 Å². The van der Waals surface area contributed by atoms with Gasteiger partial charge in [0.05, 0.1) is 21.2 Å². The summed E-state index contributed by atoms with van der Waals surface area (Å²) in [4.78, 5) is 29.3. The van der Waals surface area contributed by atoms with Gasteiger partial charge in [0.2, 0.25) is 5.60 Å². The second-order valence-corrected chi connectivity index (χ2v) is 13.7. The standard InChI is InChI=1S/C28H29Cl3F2N2O3S/c1-34(2)24(36)19-4-3-18(15-21(19)30)39-17-5-7-26(8-6-17)9-11-35(12-10-26)25(37)27(38)20-13-16(29)14-22(31)23(20)28(27,32)33/h3-4,13-15,17,38H,5-12H2,1-2H3/t27-/m1/s1. The zero-order valence-electron chi connectivity index (χ0n) is 21.6. The van der Waals surface area contributed by atoms with E-state index in [9.17, 15) is 14.7 Å². The fourth-order valence-corrected chi connectivity index (χ4v) is 8.25. The number of likely N-dealkylation sites (tertiary alicyclic amines) is 1. The number of rotatable bonds is 4. The van der Waals surface area contributed by atoms with Crippen LogP contribution in [0.1, 0.15) is 60.0 Å². The van der Waals surface area contributed by atoms with Crippen molar-refractivity contribution >= 4 is 58.4 Å². The van der Waals surface area contributed by atoms with Gasteiger partial charge in [0.25, 0.3) is 11.8 Å². The number of halogens is 5. The molecule has 5 nitrogen and oxygen atoms in total. The number of alkyl halides is 2. The van der Waals surface area contributed by atoms with Gasteiger partial charge in [-0.3, -0.25) is 9.59 Å². The average molecular weight is 618 g/mol. The quantitative estimate of drug-likeness (QED) is 0.402. The van der Waals surface area contributed by atoms with Crippen LogP contribution >= 0.6 is 46.6 Å². The summed E-state index contributed by atoms with van der Waals surface area (Å²) in [5, 5.41) is 11.6. The summed E-state index contributed by atoms with van der Waals surface area (Å²) in [6.07, 6.45) is 5.34. The molecule has 11 heteroatoms. The molecule has 2 fully saturated rings. The van der Waals surface area contributed by atoms with Crippen LogP contribution in [0.3, 0.4) is 0 Å². The van der Waals surface area contributed by atoms with Crippen LogP contribution in [-0.4, -0.2) is 59.2 Å². The summed E-state index contributed by atoms with van der Waals surface area (Å²) in [6, 6.07) is 7.93. The summed E-state index contributed by atoms with van der Waals surface area (Å²) in [5.74, 6) is -4.91. The molecule has 1 saturated heterocycles. The third-order valence-electron chi connectivity index (χ3n) is 8.51. The van der Waals surface area contributed by atoms with Crippen LogP contribution in [-0.2, 0) is 16.3 Å². The zero-order valence-corrected chi connectivity index (χ0v) is 24.7. The van der Waals surface area contributed by atoms with E-state index in [1.165, 1.54) is 21.9 Å². The Labute approximate surface area is 245 Å². The van der Waals surface area contributed by atoms with Crippen LogP contribution in [0.2, 0.25) is 15.1 Å². The molecular formula is C28H29Cl3F2N2O3S. The Bertz CT molecular complexity index is 1320. The van der Waals surface area contributed by atoms with E-state index in [0.29, 0.717) is 41.8 Å². The molecule has 210 valence electrons. The Hall–Kier alpha value is -1.58. The van der Waals surface area contributed by atoms with Crippen LogP contribution in [0.4, 0.5) is 8.78 Å². The minimum Gasteiger partial charge on any atom is -0.370 e. The third-order valence-corrected chi connectivity index (χ3v) is 10.7. The number of piperidine rings is 1. The minimum absolute atomic E-state index is 0.0583. The molecule has 2 amide bonds. The molecule has 2 aliphatic carbocycles. The highest BCUT2D eigenvalue weighted by Crippen LogP contribution is 2.61. The highest BCUT2D eigenvalue weighted by atomic mass is 35.5. The molecule has 0 bridgehead atoms.